The van der Waals surface area contributed by atoms with E-state index in [0.29, 0.717) is 6.42 Å². The Bertz CT molecular complexity index is 1070. The summed E-state index contributed by atoms with van der Waals surface area (Å²) in [5.41, 5.74) is 2.90. The first-order chi connectivity index (χ1) is 13.2. The van der Waals surface area contributed by atoms with Gasteiger partial charge in [-0.3, -0.25) is 4.79 Å². The third kappa shape index (κ3) is 3.85. The van der Waals surface area contributed by atoms with Crippen LogP contribution in [0.2, 0.25) is 0 Å². The maximum Gasteiger partial charge on any atom is 0.228 e. The lowest BCUT2D eigenvalue weighted by Crippen LogP contribution is -2.14. The molecule has 3 aromatic carbocycles. The van der Waals surface area contributed by atoms with Gasteiger partial charge in [0.2, 0.25) is 5.91 Å². The van der Waals surface area contributed by atoms with Gasteiger partial charge in [-0.05, 0) is 48.0 Å². The minimum atomic E-state index is -0.0388. The van der Waals surface area contributed by atoms with Gasteiger partial charge in [0.25, 0.3) is 0 Å². The van der Waals surface area contributed by atoms with Crippen molar-refractivity contribution < 1.29 is 9.53 Å². The molecule has 0 fully saturated rings. The molecule has 0 saturated heterocycles. The van der Waals surface area contributed by atoms with Crippen molar-refractivity contribution >= 4 is 22.5 Å². The third-order valence-corrected chi connectivity index (χ3v) is 4.45. The average molecular weight is 356 g/mol. The Morgan fingerprint density at radius 2 is 1.56 bits per heavy atom. The number of ether oxygens (including phenoxy) is 1. The van der Waals surface area contributed by atoms with Crippen LogP contribution in [0.25, 0.3) is 10.9 Å². The topological polar surface area (TPSA) is 43.3 Å². The summed E-state index contributed by atoms with van der Waals surface area (Å²) in [6, 6.07) is 25.1. The number of carbonyl (C=O) groups excluding carboxylic acids is 1. The van der Waals surface area contributed by atoms with Crippen molar-refractivity contribution in [2.24, 2.45) is 7.05 Å². The fourth-order valence-electron chi connectivity index (χ4n) is 3.18. The zero-order valence-corrected chi connectivity index (χ0v) is 15.1. The predicted octanol–water partition coefficient (Wildman–Crippen LogP) is 5.15. The Balaban J connectivity index is 1.42. The zero-order chi connectivity index (χ0) is 18.6. The first-order valence-corrected chi connectivity index (χ1v) is 8.85. The molecular formula is C23H20N2O2. The van der Waals surface area contributed by atoms with Crippen molar-refractivity contribution in [2.75, 3.05) is 5.32 Å². The molecule has 4 rings (SSSR count). The van der Waals surface area contributed by atoms with Crippen LogP contribution >= 0.6 is 0 Å². The lowest BCUT2D eigenvalue weighted by Gasteiger charge is -2.08. The quantitative estimate of drug-likeness (QED) is 0.537. The van der Waals surface area contributed by atoms with E-state index in [1.54, 1.807) is 0 Å². The second-order valence-corrected chi connectivity index (χ2v) is 6.45. The first-order valence-electron chi connectivity index (χ1n) is 8.85. The number of carbonyl (C=O) groups is 1. The van der Waals surface area contributed by atoms with Crippen LogP contribution in [0, 0.1) is 0 Å². The van der Waals surface area contributed by atoms with Crippen LogP contribution in [0.1, 0.15) is 5.56 Å². The number of aryl methyl sites for hydroxylation is 1. The smallest absolute Gasteiger partial charge is 0.228 e. The minimum Gasteiger partial charge on any atom is -0.457 e. The Kier molecular flexibility index (Phi) is 4.62. The van der Waals surface area contributed by atoms with Crippen LogP contribution in [0.5, 0.6) is 11.5 Å². The largest absolute Gasteiger partial charge is 0.457 e. The first kappa shape index (κ1) is 16.9. The van der Waals surface area contributed by atoms with Gasteiger partial charge in [0.15, 0.2) is 0 Å². The number of rotatable bonds is 5. The number of hydrogen-bond donors (Lipinski definition) is 1. The van der Waals surface area contributed by atoms with Crippen molar-refractivity contribution in [3.8, 4) is 11.5 Å². The molecule has 0 aliphatic heterocycles. The summed E-state index contributed by atoms with van der Waals surface area (Å²) in [7, 11) is 2.00. The van der Waals surface area contributed by atoms with Gasteiger partial charge in [0.05, 0.1) is 6.42 Å². The summed E-state index contributed by atoms with van der Waals surface area (Å²) in [6.45, 7) is 0. The number of aromatic nitrogens is 1. The van der Waals surface area contributed by atoms with E-state index < -0.39 is 0 Å². The molecule has 1 amide bonds. The van der Waals surface area contributed by atoms with Crippen molar-refractivity contribution in [2.45, 2.75) is 6.42 Å². The minimum absolute atomic E-state index is 0.0388. The van der Waals surface area contributed by atoms with Gasteiger partial charge in [-0.25, -0.2) is 0 Å². The summed E-state index contributed by atoms with van der Waals surface area (Å²) >= 11 is 0. The molecular weight excluding hydrogens is 336 g/mol. The molecule has 0 saturated carbocycles. The van der Waals surface area contributed by atoms with Crippen molar-refractivity contribution in [3.05, 3.63) is 90.6 Å². The number of amides is 1. The molecule has 0 unspecified atom stereocenters. The van der Waals surface area contributed by atoms with E-state index in [1.165, 1.54) is 0 Å². The highest BCUT2D eigenvalue weighted by atomic mass is 16.5. The number of nitrogens with one attached hydrogen (secondary N) is 1. The second kappa shape index (κ2) is 7.38. The maximum atomic E-state index is 12.5. The van der Waals surface area contributed by atoms with Gasteiger partial charge in [0.1, 0.15) is 11.5 Å². The molecule has 0 spiro atoms. The summed E-state index contributed by atoms with van der Waals surface area (Å²) in [5.74, 6) is 1.47. The van der Waals surface area contributed by atoms with E-state index >= 15 is 0 Å². The Labute approximate surface area is 158 Å². The standard InChI is InChI=1S/C23H20N2O2/c1-25-16-17(21-9-5-6-10-22(21)25)15-23(26)24-18-11-13-20(14-12-18)27-19-7-3-2-4-8-19/h2-14,16H,15H2,1H3,(H,24,26). The Morgan fingerprint density at radius 1 is 0.889 bits per heavy atom. The van der Waals surface area contributed by atoms with Crippen molar-refractivity contribution in [1.82, 2.24) is 4.57 Å². The summed E-state index contributed by atoms with van der Waals surface area (Å²) in [4.78, 5) is 12.5. The van der Waals surface area contributed by atoms with E-state index in [0.717, 1.165) is 33.7 Å². The Morgan fingerprint density at radius 3 is 2.33 bits per heavy atom. The third-order valence-electron chi connectivity index (χ3n) is 4.45. The van der Waals surface area contributed by atoms with Crippen molar-refractivity contribution in [1.29, 1.82) is 0 Å². The van der Waals surface area contributed by atoms with E-state index in [-0.39, 0.29) is 5.91 Å². The lowest BCUT2D eigenvalue weighted by atomic mass is 10.1. The molecule has 0 bridgehead atoms. The highest BCUT2D eigenvalue weighted by Gasteiger charge is 2.10. The number of hydrogen-bond acceptors (Lipinski definition) is 2. The van der Waals surface area contributed by atoms with Crippen LogP contribution in [-0.2, 0) is 18.3 Å². The molecule has 4 nitrogen and oxygen atoms in total. The fourth-order valence-corrected chi connectivity index (χ4v) is 3.18. The van der Waals surface area contributed by atoms with Crippen LogP contribution in [0.3, 0.4) is 0 Å². The molecule has 0 aliphatic rings. The highest BCUT2D eigenvalue weighted by molar-refractivity contribution is 5.96. The molecule has 4 heteroatoms. The lowest BCUT2D eigenvalue weighted by molar-refractivity contribution is -0.115. The predicted molar refractivity (Wildman–Crippen MR) is 108 cm³/mol. The van der Waals surface area contributed by atoms with Gasteiger partial charge in [-0.15, -0.1) is 0 Å². The van der Waals surface area contributed by atoms with Gasteiger partial charge < -0.3 is 14.6 Å². The van der Waals surface area contributed by atoms with Gasteiger partial charge in [-0.1, -0.05) is 36.4 Å². The molecule has 0 radical (unpaired) electrons. The van der Waals surface area contributed by atoms with Crippen LogP contribution in [0.4, 0.5) is 5.69 Å². The summed E-state index contributed by atoms with van der Waals surface area (Å²) in [6.07, 6.45) is 2.35. The fraction of sp³-hybridized carbons (Fsp3) is 0.0870. The Hall–Kier alpha value is -3.53. The maximum absolute atomic E-state index is 12.5. The average Bonchev–Trinajstić information content (AvgIpc) is 3.00. The number of nitrogens with zero attached hydrogens (tertiary/aromatic N) is 1. The van der Waals surface area contributed by atoms with E-state index in [2.05, 4.69) is 11.4 Å². The van der Waals surface area contributed by atoms with Gasteiger partial charge in [0, 0.05) is 29.8 Å². The normalized spacial score (nSPS) is 10.7. The van der Waals surface area contributed by atoms with E-state index in [1.807, 2.05) is 90.6 Å². The van der Waals surface area contributed by atoms with Crippen LogP contribution in [-0.4, -0.2) is 10.5 Å². The molecule has 1 heterocycles. The monoisotopic (exact) mass is 356 g/mol. The molecule has 4 aromatic rings. The van der Waals surface area contributed by atoms with Crippen LogP contribution < -0.4 is 10.1 Å². The number of benzene rings is 3. The zero-order valence-electron chi connectivity index (χ0n) is 15.1. The van der Waals surface area contributed by atoms with Gasteiger partial charge >= 0.3 is 0 Å². The second-order valence-electron chi connectivity index (χ2n) is 6.45. The van der Waals surface area contributed by atoms with E-state index in [4.69, 9.17) is 4.74 Å². The molecule has 0 atom stereocenters. The molecule has 27 heavy (non-hydrogen) atoms. The summed E-state index contributed by atoms with van der Waals surface area (Å²) in [5, 5.41) is 4.06. The van der Waals surface area contributed by atoms with Crippen molar-refractivity contribution in [3.63, 3.8) is 0 Å². The highest BCUT2D eigenvalue weighted by Crippen LogP contribution is 2.24. The number of fused-ring (bicyclic) bond motifs is 1. The molecule has 1 aromatic heterocycles. The number of anilines is 1. The molecule has 1 N–H and O–H groups in total. The van der Waals surface area contributed by atoms with E-state index in [9.17, 15) is 4.79 Å². The molecule has 134 valence electrons. The van der Waals surface area contributed by atoms with Gasteiger partial charge in [-0.2, -0.15) is 0 Å². The molecule has 0 aliphatic carbocycles. The van der Waals surface area contributed by atoms with Crippen LogP contribution in [0.15, 0.2) is 85.1 Å². The SMILES string of the molecule is Cn1cc(CC(=O)Nc2ccc(Oc3ccccc3)cc2)c2ccccc21. The summed E-state index contributed by atoms with van der Waals surface area (Å²) < 4.78 is 7.82. The number of para-hydroxylation sites is 2.